The number of likely N-dealkylation sites (tertiary alicyclic amines) is 1. The van der Waals surface area contributed by atoms with Gasteiger partial charge in [-0.1, -0.05) is 30.3 Å². The summed E-state index contributed by atoms with van der Waals surface area (Å²) in [5.41, 5.74) is 8.50. The Morgan fingerprint density at radius 2 is 1.91 bits per heavy atom. The van der Waals surface area contributed by atoms with Crippen LogP contribution in [0.3, 0.4) is 0 Å². The van der Waals surface area contributed by atoms with E-state index >= 15 is 0 Å². The van der Waals surface area contributed by atoms with Crippen LogP contribution in [0.1, 0.15) is 17.2 Å². The number of pyridine rings is 1. The number of hydrogen-bond acceptors (Lipinski definition) is 3. The maximum Gasteiger partial charge on any atom is 0.0544 e. The van der Waals surface area contributed by atoms with Gasteiger partial charge in [-0.05, 0) is 46.1 Å². The van der Waals surface area contributed by atoms with Crippen molar-refractivity contribution in [3.8, 4) is 0 Å². The summed E-state index contributed by atoms with van der Waals surface area (Å²) in [7, 11) is 0. The molecule has 1 aromatic heterocycles. The Balaban J connectivity index is 0.00000176. The van der Waals surface area contributed by atoms with Gasteiger partial charge in [-0.3, -0.25) is 9.88 Å². The van der Waals surface area contributed by atoms with E-state index in [9.17, 15) is 0 Å². The second-order valence-electron chi connectivity index (χ2n) is 5.67. The van der Waals surface area contributed by atoms with Crippen molar-refractivity contribution in [2.75, 3.05) is 19.6 Å². The lowest BCUT2D eigenvalue weighted by atomic mass is 9.89. The van der Waals surface area contributed by atoms with Gasteiger partial charge < -0.3 is 5.73 Å². The van der Waals surface area contributed by atoms with Crippen molar-refractivity contribution >= 4 is 28.3 Å². The Kier molecular flexibility index (Phi) is 6.38. The molecule has 1 aliphatic rings. The quantitative estimate of drug-likeness (QED) is 0.881. The van der Waals surface area contributed by atoms with Crippen molar-refractivity contribution < 1.29 is 0 Å². The van der Waals surface area contributed by atoms with Crippen molar-refractivity contribution in [3.05, 3.63) is 64.4 Å². The molecule has 0 saturated carbocycles. The Morgan fingerprint density at radius 3 is 2.55 bits per heavy atom. The normalized spacial score (nSPS) is 21.5. The average molecular weight is 383 g/mol. The van der Waals surface area contributed by atoms with E-state index in [2.05, 4.69) is 62.2 Å². The number of nitrogens with two attached hydrogens (primary N) is 1. The molecule has 1 fully saturated rings. The summed E-state index contributed by atoms with van der Waals surface area (Å²) >= 11 is 3.43. The second kappa shape index (κ2) is 8.06. The number of benzene rings is 1. The summed E-state index contributed by atoms with van der Waals surface area (Å²) in [5, 5.41) is 0. The van der Waals surface area contributed by atoms with Crippen LogP contribution in [0.25, 0.3) is 0 Å². The van der Waals surface area contributed by atoms with Crippen molar-refractivity contribution in [1.82, 2.24) is 9.88 Å². The van der Waals surface area contributed by atoms with E-state index in [0.29, 0.717) is 11.8 Å². The molecule has 0 unspecified atom stereocenters. The number of rotatable bonds is 4. The van der Waals surface area contributed by atoms with Crippen LogP contribution in [-0.4, -0.2) is 29.5 Å². The van der Waals surface area contributed by atoms with Crippen LogP contribution in [0.2, 0.25) is 0 Å². The highest BCUT2D eigenvalue weighted by molar-refractivity contribution is 9.10. The van der Waals surface area contributed by atoms with Crippen LogP contribution in [0.4, 0.5) is 0 Å². The Labute approximate surface area is 146 Å². The number of hydrogen-bond donors (Lipinski definition) is 1. The highest BCUT2D eigenvalue weighted by atomic mass is 79.9. The minimum absolute atomic E-state index is 0. The lowest BCUT2D eigenvalue weighted by molar-refractivity contribution is 0.313. The third-order valence-corrected chi connectivity index (χ3v) is 4.69. The van der Waals surface area contributed by atoms with Gasteiger partial charge in [-0.25, -0.2) is 0 Å². The fourth-order valence-electron chi connectivity index (χ4n) is 3.14. The first-order valence-electron chi connectivity index (χ1n) is 7.34. The molecule has 3 nitrogen and oxygen atoms in total. The second-order valence-corrected chi connectivity index (χ2v) is 6.59. The topological polar surface area (TPSA) is 42.1 Å². The highest BCUT2D eigenvalue weighted by Crippen LogP contribution is 2.32. The molecular weight excluding hydrogens is 362 g/mol. The van der Waals surface area contributed by atoms with Crippen LogP contribution >= 0.6 is 28.3 Å². The zero-order valence-corrected chi connectivity index (χ0v) is 14.8. The molecule has 0 amide bonds. The average Bonchev–Trinajstić information content (AvgIpc) is 2.93. The van der Waals surface area contributed by atoms with Gasteiger partial charge >= 0.3 is 0 Å². The first-order chi connectivity index (χ1) is 10.3. The van der Waals surface area contributed by atoms with E-state index in [4.69, 9.17) is 5.73 Å². The molecule has 0 radical (unpaired) electrons. The minimum Gasteiger partial charge on any atom is -0.330 e. The van der Waals surface area contributed by atoms with E-state index in [1.165, 1.54) is 5.56 Å². The molecule has 3 rings (SSSR count). The van der Waals surface area contributed by atoms with Crippen molar-refractivity contribution in [1.29, 1.82) is 0 Å². The molecule has 1 aliphatic heterocycles. The Bertz CT molecular complexity index is 576. The maximum atomic E-state index is 5.99. The zero-order chi connectivity index (χ0) is 14.7. The third kappa shape index (κ3) is 4.07. The molecule has 118 valence electrons. The van der Waals surface area contributed by atoms with Crippen LogP contribution < -0.4 is 5.73 Å². The van der Waals surface area contributed by atoms with Crippen molar-refractivity contribution in [2.24, 2.45) is 11.7 Å². The molecule has 0 bridgehead atoms. The molecule has 5 heteroatoms. The Morgan fingerprint density at radius 1 is 1.14 bits per heavy atom. The van der Waals surface area contributed by atoms with Gasteiger partial charge in [0.15, 0.2) is 0 Å². The first kappa shape index (κ1) is 17.4. The maximum absolute atomic E-state index is 5.99. The fourth-order valence-corrected chi connectivity index (χ4v) is 3.37. The van der Waals surface area contributed by atoms with Gasteiger partial charge in [0, 0.05) is 36.2 Å². The third-order valence-electron chi connectivity index (χ3n) is 4.22. The standard InChI is InChI=1S/C17H20BrN3.ClH/c18-15-6-7-16(20-9-15)11-21-10-14(8-19)17(12-21)13-4-2-1-3-5-13;/h1-7,9,14,17H,8,10-12,19H2;1H/t14-,17+;/m1./s1. The van der Waals surface area contributed by atoms with Crippen molar-refractivity contribution in [3.63, 3.8) is 0 Å². The monoisotopic (exact) mass is 381 g/mol. The van der Waals surface area contributed by atoms with Gasteiger partial charge in [0.1, 0.15) is 0 Å². The van der Waals surface area contributed by atoms with Gasteiger partial charge in [-0.15, -0.1) is 12.4 Å². The predicted molar refractivity (Wildman–Crippen MR) is 96.2 cm³/mol. The summed E-state index contributed by atoms with van der Waals surface area (Å²) in [4.78, 5) is 6.93. The Hall–Kier alpha value is -0.940. The van der Waals surface area contributed by atoms with E-state index in [1.54, 1.807) is 0 Å². The largest absolute Gasteiger partial charge is 0.330 e. The van der Waals surface area contributed by atoms with E-state index in [1.807, 2.05) is 12.3 Å². The highest BCUT2D eigenvalue weighted by Gasteiger charge is 2.32. The number of nitrogens with zero attached hydrogens (tertiary/aromatic N) is 2. The fraction of sp³-hybridized carbons (Fsp3) is 0.353. The van der Waals surface area contributed by atoms with Crippen LogP contribution in [0, 0.1) is 5.92 Å². The molecule has 2 aromatic rings. The van der Waals surface area contributed by atoms with Crippen molar-refractivity contribution in [2.45, 2.75) is 12.5 Å². The van der Waals surface area contributed by atoms with Crippen LogP contribution in [-0.2, 0) is 6.54 Å². The van der Waals surface area contributed by atoms with Gasteiger partial charge in [-0.2, -0.15) is 0 Å². The van der Waals surface area contributed by atoms with Crippen LogP contribution in [0.5, 0.6) is 0 Å². The SMILES string of the molecule is Cl.NC[C@@H]1CN(Cc2ccc(Br)cn2)C[C@H]1c1ccccc1. The lowest BCUT2D eigenvalue weighted by Crippen LogP contribution is -2.23. The van der Waals surface area contributed by atoms with Crippen LogP contribution in [0.15, 0.2) is 53.1 Å². The lowest BCUT2D eigenvalue weighted by Gasteiger charge is -2.16. The van der Waals surface area contributed by atoms with Gasteiger partial charge in [0.2, 0.25) is 0 Å². The molecule has 0 aliphatic carbocycles. The summed E-state index contributed by atoms with van der Waals surface area (Å²) < 4.78 is 1.02. The summed E-state index contributed by atoms with van der Waals surface area (Å²) in [6, 6.07) is 14.9. The van der Waals surface area contributed by atoms with E-state index < -0.39 is 0 Å². The first-order valence-corrected chi connectivity index (χ1v) is 8.13. The summed E-state index contributed by atoms with van der Waals surface area (Å²) in [6.07, 6.45) is 1.86. The molecule has 22 heavy (non-hydrogen) atoms. The molecule has 1 saturated heterocycles. The molecule has 2 atom stereocenters. The van der Waals surface area contributed by atoms with E-state index in [0.717, 1.165) is 36.3 Å². The summed E-state index contributed by atoms with van der Waals surface area (Å²) in [5.74, 6) is 1.06. The molecule has 0 spiro atoms. The molecule has 1 aromatic carbocycles. The zero-order valence-electron chi connectivity index (χ0n) is 12.4. The predicted octanol–water partition coefficient (Wildman–Crippen LogP) is 3.44. The molecular formula is C17H21BrClN3. The molecule has 2 heterocycles. The molecule has 2 N–H and O–H groups in total. The number of halogens is 2. The summed E-state index contributed by atoms with van der Waals surface area (Å²) in [6.45, 7) is 3.74. The smallest absolute Gasteiger partial charge is 0.0544 e. The van der Waals surface area contributed by atoms with Gasteiger partial charge in [0.25, 0.3) is 0 Å². The van der Waals surface area contributed by atoms with Gasteiger partial charge in [0.05, 0.1) is 5.69 Å². The minimum atomic E-state index is 0. The van der Waals surface area contributed by atoms with E-state index in [-0.39, 0.29) is 12.4 Å². The number of aromatic nitrogens is 1.